The Kier molecular flexibility index (Phi) is 5.02. The Bertz CT molecular complexity index is 338. The van der Waals surface area contributed by atoms with E-state index in [0.29, 0.717) is 13.2 Å². The Balaban J connectivity index is 1.68. The molecular weight excluding hydrogens is 226 g/mol. The summed E-state index contributed by atoms with van der Waals surface area (Å²) in [5, 5.41) is 9.98. The van der Waals surface area contributed by atoms with Crippen LogP contribution in [0.4, 0.5) is 0 Å². The fourth-order valence-corrected chi connectivity index (χ4v) is 2.06. The molecule has 1 unspecified atom stereocenters. The quantitative estimate of drug-likeness (QED) is 0.766. The van der Waals surface area contributed by atoms with Crippen molar-refractivity contribution in [3.63, 3.8) is 0 Å². The normalized spacial score (nSPS) is 16.8. The number of para-hydroxylation sites is 1. The molecule has 1 aliphatic rings. The van der Waals surface area contributed by atoms with Crippen LogP contribution in [0.3, 0.4) is 0 Å². The van der Waals surface area contributed by atoms with Crippen LogP contribution < -0.4 is 4.74 Å². The fourth-order valence-electron chi connectivity index (χ4n) is 2.06. The predicted molar refractivity (Wildman–Crippen MR) is 72.8 cm³/mol. The Morgan fingerprint density at radius 3 is 2.67 bits per heavy atom. The van der Waals surface area contributed by atoms with Gasteiger partial charge in [-0.2, -0.15) is 0 Å². The lowest BCUT2D eigenvalue weighted by molar-refractivity contribution is 0.0684. The summed E-state index contributed by atoms with van der Waals surface area (Å²) < 4.78 is 5.56. The molecule has 1 N–H and O–H groups in total. The largest absolute Gasteiger partial charge is 0.491 e. The molecule has 100 valence electrons. The standard InChI is InChI=1S/C15H23NO2/c1-2-16(10-13-8-9-13)11-14(17)12-18-15-6-4-3-5-7-15/h3-7,13-14,17H,2,8-12H2,1H3. The Morgan fingerprint density at radius 2 is 2.06 bits per heavy atom. The molecule has 0 amide bonds. The van der Waals surface area contributed by atoms with E-state index < -0.39 is 6.10 Å². The summed E-state index contributed by atoms with van der Waals surface area (Å²) in [6, 6.07) is 9.65. The molecule has 0 aliphatic heterocycles. The third kappa shape index (κ3) is 4.67. The number of aliphatic hydroxyl groups is 1. The van der Waals surface area contributed by atoms with Crippen molar-refractivity contribution < 1.29 is 9.84 Å². The van der Waals surface area contributed by atoms with Gasteiger partial charge in [0.05, 0.1) is 0 Å². The Morgan fingerprint density at radius 1 is 1.33 bits per heavy atom. The minimum Gasteiger partial charge on any atom is -0.491 e. The summed E-state index contributed by atoms with van der Waals surface area (Å²) in [6.45, 7) is 5.34. The van der Waals surface area contributed by atoms with Crippen LogP contribution in [0.15, 0.2) is 30.3 Å². The summed E-state index contributed by atoms with van der Waals surface area (Å²) in [4.78, 5) is 2.32. The molecule has 0 heterocycles. The monoisotopic (exact) mass is 249 g/mol. The topological polar surface area (TPSA) is 32.7 Å². The zero-order valence-electron chi connectivity index (χ0n) is 11.1. The van der Waals surface area contributed by atoms with Crippen LogP contribution in [0.5, 0.6) is 5.75 Å². The molecule has 1 aromatic rings. The third-order valence-corrected chi connectivity index (χ3v) is 3.32. The van der Waals surface area contributed by atoms with Crippen molar-refractivity contribution in [2.45, 2.75) is 25.9 Å². The molecule has 0 radical (unpaired) electrons. The van der Waals surface area contributed by atoms with Gasteiger partial charge in [0.15, 0.2) is 0 Å². The van der Waals surface area contributed by atoms with E-state index in [4.69, 9.17) is 4.74 Å². The highest BCUT2D eigenvalue weighted by molar-refractivity contribution is 5.20. The van der Waals surface area contributed by atoms with E-state index in [1.807, 2.05) is 30.3 Å². The lowest BCUT2D eigenvalue weighted by atomic mass is 10.3. The lowest BCUT2D eigenvalue weighted by Crippen LogP contribution is -2.36. The maximum atomic E-state index is 9.98. The number of rotatable bonds is 8. The molecule has 18 heavy (non-hydrogen) atoms. The molecule has 0 bridgehead atoms. The number of hydrogen-bond donors (Lipinski definition) is 1. The van der Waals surface area contributed by atoms with E-state index in [2.05, 4.69) is 11.8 Å². The first-order valence-corrected chi connectivity index (χ1v) is 6.86. The molecule has 3 nitrogen and oxygen atoms in total. The van der Waals surface area contributed by atoms with Crippen molar-refractivity contribution in [2.75, 3.05) is 26.2 Å². The molecule has 1 saturated carbocycles. The maximum Gasteiger partial charge on any atom is 0.119 e. The van der Waals surface area contributed by atoms with Crippen LogP contribution in [-0.4, -0.2) is 42.4 Å². The number of hydrogen-bond acceptors (Lipinski definition) is 3. The molecule has 0 aromatic heterocycles. The van der Waals surface area contributed by atoms with E-state index in [1.165, 1.54) is 12.8 Å². The number of benzene rings is 1. The third-order valence-electron chi connectivity index (χ3n) is 3.32. The van der Waals surface area contributed by atoms with Gasteiger partial charge in [0, 0.05) is 13.1 Å². The van der Waals surface area contributed by atoms with Crippen LogP contribution in [0, 0.1) is 5.92 Å². The van der Waals surface area contributed by atoms with Crippen molar-refractivity contribution in [3.8, 4) is 5.75 Å². The van der Waals surface area contributed by atoms with Crippen molar-refractivity contribution in [3.05, 3.63) is 30.3 Å². The van der Waals surface area contributed by atoms with Gasteiger partial charge in [-0.3, -0.25) is 0 Å². The van der Waals surface area contributed by atoms with Gasteiger partial charge in [0.1, 0.15) is 18.5 Å². The summed E-state index contributed by atoms with van der Waals surface area (Å²) in [5.41, 5.74) is 0. The predicted octanol–water partition coefficient (Wildman–Crippen LogP) is 2.16. The smallest absolute Gasteiger partial charge is 0.119 e. The number of likely N-dealkylation sites (N-methyl/N-ethyl adjacent to an activating group) is 1. The van der Waals surface area contributed by atoms with Crippen LogP contribution in [0.2, 0.25) is 0 Å². The second-order valence-electron chi connectivity index (χ2n) is 5.07. The van der Waals surface area contributed by atoms with E-state index in [0.717, 1.165) is 24.8 Å². The van der Waals surface area contributed by atoms with Crippen LogP contribution >= 0.6 is 0 Å². The molecule has 1 fully saturated rings. The van der Waals surface area contributed by atoms with Gasteiger partial charge in [0.2, 0.25) is 0 Å². The number of nitrogens with zero attached hydrogens (tertiary/aromatic N) is 1. The minimum atomic E-state index is -0.413. The molecule has 1 aromatic carbocycles. The van der Waals surface area contributed by atoms with Gasteiger partial charge in [-0.1, -0.05) is 25.1 Å². The Labute approximate surface area is 109 Å². The van der Waals surface area contributed by atoms with Gasteiger partial charge in [0.25, 0.3) is 0 Å². The van der Waals surface area contributed by atoms with Gasteiger partial charge >= 0.3 is 0 Å². The second kappa shape index (κ2) is 6.76. The van der Waals surface area contributed by atoms with Gasteiger partial charge < -0.3 is 14.7 Å². The summed E-state index contributed by atoms with van der Waals surface area (Å²) in [6.07, 6.45) is 2.30. The van der Waals surface area contributed by atoms with Crippen molar-refractivity contribution in [1.29, 1.82) is 0 Å². The minimum absolute atomic E-state index is 0.366. The summed E-state index contributed by atoms with van der Waals surface area (Å²) >= 11 is 0. The number of aliphatic hydroxyl groups excluding tert-OH is 1. The van der Waals surface area contributed by atoms with Crippen molar-refractivity contribution >= 4 is 0 Å². The molecule has 0 spiro atoms. The van der Waals surface area contributed by atoms with Crippen molar-refractivity contribution in [2.24, 2.45) is 5.92 Å². The molecule has 0 saturated heterocycles. The highest BCUT2D eigenvalue weighted by Gasteiger charge is 2.24. The molecule has 1 aliphatic carbocycles. The highest BCUT2D eigenvalue weighted by Crippen LogP contribution is 2.29. The lowest BCUT2D eigenvalue weighted by Gasteiger charge is -2.23. The molecule has 3 heteroatoms. The van der Waals surface area contributed by atoms with Crippen molar-refractivity contribution in [1.82, 2.24) is 4.90 Å². The Hall–Kier alpha value is -1.06. The summed E-state index contributed by atoms with van der Waals surface area (Å²) in [5.74, 6) is 1.69. The summed E-state index contributed by atoms with van der Waals surface area (Å²) in [7, 11) is 0. The van der Waals surface area contributed by atoms with E-state index >= 15 is 0 Å². The van der Waals surface area contributed by atoms with E-state index in [-0.39, 0.29) is 0 Å². The van der Waals surface area contributed by atoms with Crippen LogP contribution in [-0.2, 0) is 0 Å². The zero-order chi connectivity index (χ0) is 12.8. The van der Waals surface area contributed by atoms with E-state index in [9.17, 15) is 5.11 Å². The van der Waals surface area contributed by atoms with Crippen LogP contribution in [0.1, 0.15) is 19.8 Å². The average molecular weight is 249 g/mol. The molecule has 1 atom stereocenters. The SMILES string of the molecule is CCN(CC(O)COc1ccccc1)CC1CC1. The second-order valence-corrected chi connectivity index (χ2v) is 5.07. The average Bonchev–Trinajstić information content (AvgIpc) is 3.21. The maximum absolute atomic E-state index is 9.98. The van der Waals surface area contributed by atoms with Gasteiger partial charge in [-0.15, -0.1) is 0 Å². The first-order valence-electron chi connectivity index (χ1n) is 6.86. The van der Waals surface area contributed by atoms with E-state index in [1.54, 1.807) is 0 Å². The highest BCUT2D eigenvalue weighted by atomic mass is 16.5. The fraction of sp³-hybridized carbons (Fsp3) is 0.600. The zero-order valence-corrected chi connectivity index (χ0v) is 11.1. The van der Waals surface area contributed by atoms with Gasteiger partial charge in [-0.25, -0.2) is 0 Å². The van der Waals surface area contributed by atoms with Crippen LogP contribution in [0.25, 0.3) is 0 Å². The number of ether oxygens (including phenoxy) is 1. The molecular formula is C15H23NO2. The first-order chi connectivity index (χ1) is 8.78. The molecule has 2 rings (SSSR count). The first kappa shape index (κ1) is 13.4. The van der Waals surface area contributed by atoms with Gasteiger partial charge in [-0.05, 0) is 37.4 Å².